The molecule has 1 heterocycles. The molecule has 8 heteroatoms. The zero-order chi connectivity index (χ0) is 21.7. The molecule has 0 bridgehead atoms. The minimum Gasteiger partial charge on any atom is -0.497 e. The maximum absolute atomic E-state index is 12.7. The molecule has 1 saturated heterocycles. The number of piperidine rings is 1. The van der Waals surface area contributed by atoms with Crippen molar-refractivity contribution < 1.29 is 17.9 Å². The summed E-state index contributed by atoms with van der Waals surface area (Å²) < 4.78 is 33.1. The van der Waals surface area contributed by atoms with Crippen molar-refractivity contribution in [1.29, 1.82) is 0 Å². The maximum atomic E-state index is 12.7. The van der Waals surface area contributed by atoms with Gasteiger partial charge >= 0.3 is 0 Å². The van der Waals surface area contributed by atoms with Crippen molar-refractivity contribution >= 4 is 31.9 Å². The van der Waals surface area contributed by atoms with Gasteiger partial charge in [-0.1, -0.05) is 40.2 Å². The average molecular weight is 495 g/mol. The molecule has 1 atom stereocenters. The fourth-order valence-electron chi connectivity index (χ4n) is 3.59. The zero-order valence-electron chi connectivity index (χ0n) is 17.2. The maximum Gasteiger partial charge on any atom is 0.223 e. The van der Waals surface area contributed by atoms with Crippen molar-refractivity contribution in [3.63, 3.8) is 0 Å². The smallest absolute Gasteiger partial charge is 0.223 e. The van der Waals surface area contributed by atoms with E-state index in [2.05, 4.69) is 21.2 Å². The number of halogens is 1. The second-order valence-electron chi connectivity index (χ2n) is 7.56. The summed E-state index contributed by atoms with van der Waals surface area (Å²) in [4.78, 5) is 12.7. The van der Waals surface area contributed by atoms with E-state index in [1.807, 2.05) is 55.5 Å². The molecule has 0 saturated carbocycles. The summed E-state index contributed by atoms with van der Waals surface area (Å²) in [6, 6.07) is 14.8. The first-order valence-corrected chi connectivity index (χ1v) is 12.4. The zero-order valence-corrected chi connectivity index (χ0v) is 19.6. The van der Waals surface area contributed by atoms with Crippen LogP contribution in [0.3, 0.4) is 0 Å². The van der Waals surface area contributed by atoms with E-state index < -0.39 is 10.0 Å². The minimum absolute atomic E-state index is 0.0222. The second kappa shape index (κ2) is 9.94. The van der Waals surface area contributed by atoms with Crippen LogP contribution in [0.4, 0.5) is 0 Å². The van der Waals surface area contributed by atoms with Gasteiger partial charge in [0.25, 0.3) is 0 Å². The van der Waals surface area contributed by atoms with Crippen molar-refractivity contribution in [2.24, 2.45) is 5.92 Å². The summed E-state index contributed by atoms with van der Waals surface area (Å²) in [5.74, 6) is 0.549. The number of hydrogen-bond acceptors (Lipinski definition) is 4. The molecular weight excluding hydrogens is 468 g/mol. The number of methoxy groups -OCH3 is 1. The molecule has 0 aromatic heterocycles. The minimum atomic E-state index is -3.40. The lowest BCUT2D eigenvalue weighted by molar-refractivity contribution is -0.126. The number of benzene rings is 2. The molecule has 1 aliphatic rings. The summed E-state index contributed by atoms with van der Waals surface area (Å²) in [6.07, 6.45) is 1.06. The number of nitrogens with zero attached hydrogens (tertiary/aromatic N) is 1. The number of amides is 1. The summed E-state index contributed by atoms with van der Waals surface area (Å²) in [5.41, 5.74) is 1.75. The van der Waals surface area contributed by atoms with Crippen LogP contribution in [-0.2, 0) is 20.6 Å². The Hall–Kier alpha value is -1.90. The van der Waals surface area contributed by atoms with Crippen molar-refractivity contribution in [3.8, 4) is 5.75 Å². The molecule has 0 radical (unpaired) electrons. The fraction of sp³-hybridized carbons (Fsp3) is 0.409. The van der Waals surface area contributed by atoms with Gasteiger partial charge in [-0.25, -0.2) is 12.7 Å². The summed E-state index contributed by atoms with van der Waals surface area (Å²) in [5, 5.41) is 3.05. The van der Waals surface area contributed by atoms with Crippen LogP contribution in [0.5, 0.6) is 5.75 Å². The van der Waals surface area contributed by atoms with Gasteiger partial charge in [0.2, 0.25) is 15.9 Å². The van der Waals surface area contributed by atoms with Crippen LogP contribution in [0, 0.1) is 5.92 Å². The highest BCUT2D eigenvalue weighted by Gasteiger charge is 2.31. The van der Waals surface area contributed by atoms with E-state index in [1.54, 1.807) is 7.11 Å². The van der Waals surface area contributed by atoms with Crippen molar-refractivity contribution in [1.82, 2.24) is 9.62 Å². The van der Waals surface area contributed by atoms with E-state index in [0.29, 0.717) is 25.9 Å². The van der Waals surface area contributed by atoms with E-state index in [9.17, 15) is 13.2 Å². The molecule has 2 aromatic rings. The number of sulfonamides is 1. The molecule has 30 heavy (non-hydrogen) atoms. The van der Waals surface area contributed by atoms with Crippen LogP contribution in [0.2, 0.25) is 0 Å². The summed E-state index contributed by atoms with van der Waals surface area (Å²) in [7, 11) is -1.78. The molecular formula is C22H27BrN2O4S. The molecule has 0 spiro atoms. The third-order valence-corrected chi connectivity index (χ3v) is 7.83. The Morgan fingerprint density at radius 1 is 1.13 bits per heavy atom. The highest BCUT2D eigenvalue weighted by Crippen LogP contribution is 2.24. The van der Waals surface area contributed by atoms with Crippen LogP contribution in [-0.4, -0.2) is 38.8 Å². The second-order valence-corrected chi connectivity index (χ2v) is 10.4. The normalized spacial score (nSPS) is 16.8. The number of nitrogens with one attached hydrogen (secondary N) is 1. The highest BCUT2D eigenvalue weighted by molar-refractivity contribution is 9.10. The van der Waals surface area contributed by atoms with Gasteiger partial charge in [-0.2, -0.15) is 0 Å². The predicted molar refractivity (Wildman–Crippen MR) is 121 cm³/mol. The topological polar surface area (TPSA) is 75.7 Å². The monoisotopic (exact) mass is 494 g/mol. The standard InChI is InChI=1S/C22H27BrN2O4S/c1-16(18-5-9-21(29-2)10-6-18)24-22(26)19-11-13-25(14-12-19)30(27,28)15-17-3-7-20(23)8-4-17/h3-10,16,19H,11-15H2,1-2H3,(H,24,26)/t16-/m0/s1. The molecule has 162 valence electrons. The van der Waals surface area contributed by atoms with Crippen LogP contribution < -0.4 is 10.1 Å². The molecule has 3 rings (SSSR count). The molecule has 1 amide bonds. The van der Waals surface area contributed by atoms with Crippen LogP contribution >= 0.6 is 15.9 Å². The number of carbonyl (C=O) groups is 1. The highest BCUT2D eigenvalue weighted by atomic mass is 79.9. The lowest BCUT2D eigenvalue weighted by atomic mass is 9.96. The van der Waals surface area contributed by atoms with Gasteiger partial charge in [-0.15, -0.1) is 0 Å². The Bertz CT molecular complexity index is 954. The lowest BCUT2D eigenvalue weighted by Gasteiger charge is -2.31. The first-order valence-electron chi connectivity index (χ1n) is 9.95. The molecule has 1 aliphatic heterocycles. The molecule has 1 fully saturated rings. The van der Waals surface area contributed by atoms with Crippen LogP contribution in [0.25, 0.3) is 0 Å². The molecule has 0 unspecified atom stereocenters. The summed E-state index contributed by atoms with van der Waals surface area (Å²) >= 11 is 3.36. The molecule has 6 nitrogen and oxygen atoms in total. The van der Waals surface area contributed by atoms with Gasteiger partial charge in [-0.3, -0.25) is 4.79 Å². The molecule has 1 N–H and O–H groups in total. The van der Waals surface area contributed by atoms with Crippen molar-refractivity contribution in [3.05, 3.63) is 64.1 Å². The Balaban J connectivity index is 1.52. The van der Waals surface area contributed by atoms with Gasteiger partial charge < -0.3 is 10.1 Å². The third kappa shape index (κ3) is 5.83. The lowest BCUT2D eigenvalue weighted by Crippen LogP contribution is -2.43. The Kier molecular flexibility index (Phi) is 7.55. The molecule has 2 aromatic carbocycles. The van der Waals surface area contributed by atoms with Gasteiger partial charge in [0.05, 0.1) is 18.9 Å². The Labute approximate surface area is 186 Å². The van der Waals surface area contributed by atoms with Crippen LogP contribution in [0.1, 0.15) is 36.9 Å². The van der Waals surface area contributed by atoms with E-state index in [1.165, 1.54) is 4.31 Å². The van der Waals surface area contributed by atoms with Crippen molar-refractivity contribution in [2.45, 2.75) is 31.6 Å². The van der Waals surface area contributed by atoms with E-state index in [0.717, 1.165) is 21.3 Å². The van der Waals surface area contributed by atoms with Gasteiger partial charge in [0.15, 0.2) is 0 Å². The predicted octanol–water partition coefficient (Wildman–Crippen LogP) is 3.88. The van der Waals surface area contributed by atoms with Gasteiger partial charge in [0.1, 0.15) is 5.75 Å². The Morgan fingerprint density at radius 2 is 1.73 bits per heavy atom. The number of rotatable bonds is 7. The molecule has 0 aliphatic carbocycles. The van der Waals surface area contributed by atoms with Gasteiger partial charge in [0, 0.05) is 23.5 Å². The van der Waals surface area contributed by atoms with E-state index in [4.69, 9.17) is 4.74 Å². The summed E-state index contributed by atoms with van der Waals surface area (Å²) in [6.45, 7) is 2.68. The van der Waals surface area contributed by atoms with E-state index >= 15 is 0 Å². The number of ether oxygens (including phenoxy) is 1. The quantitative estimate of drug-likeness (QED) is 0.633. The first kappa shape index (κ1) is 22.8. The fourth-order valence-corrected chi connectivity index (χ4v) is 5.41. The Morgan fingerprint density at radius 3 is 2.30 bits per heavy atom. The number of carbonyl (C=O) groups excluding carboxylic acids is 1. The first-order chi connectivity index (χ1) is 14.3. The van der Waals surface area contributed by atoms with E-state index in [-0.39, 0.29) is 23.6 Å². The SMILES string of the molecule is COc1ccc([C@H](C)NC(=O)C2CCN(S(=O)(=O)Cc3ccc(Br)cc3)CC2)cc1. The largest absolute Gasteiger partial charge is 0.497 e. The number of hydrogen-bond donors (Lipinski definition) is 1. The average Bonchev–Trinajstić information content (AvgIpc) is 2.75. The third-order valence-electron chi connectivity index (χ3n) is 5.45. The van der Waals surface area contributed by atoms with Gasteiger partial charge in [-0.05, 0) is 55.2 Å². The van der Waals surface area contributed by atoms with Crippen LogP contribution in [0.15, 0.2) is 53.0 Å². The van der Waals surface area contributed by atoms with Crippen molar-refractivity contribution in [2.75, 3.05) is 20.2 Å².